The van der Waals surface area contributed by atoms with E-state index in [1.54, 1.807) is 36.4 Å². The summed E-state index contributed by atoms with van der Waals surface area (Å²) in [6, 6.07) is 18.1. The van der Waals surface area contributed by atoms with Crippen LogP contribution in [-0.2, 0) is 11.4 Å². The summed E-state index contributed by atoms with van der Waals surface area (Å²) in [7, 11) is 0. The smallest absolute Gasteiger partial charge is 0.266 e. The molecule has 31 heavy (non-hydrogen) atoms. The Balaban J connectivity index is 1.72. The molecule has 0 aliphatic rings. The first-order valence-corrected chi connectivity index (χ1v) is 10.7. The van der Waals surface area contributed by atoms with E-state index in [9.17, 15) is 14.4 Å². The number of rotatable bonds is 6. The second kappa shape index (κ2) is 10.6. The quantitative estimate of drug-likeness (QED) is 0.201. The molecular formula is C23H14Cl2FIN2O2. The summed E-state index contributed by atoms with van der Waals surface area (Å²) in [4.78, 5) is 12.3. The van der Waals surface area contributed by atoms with Crippen LogP contribution in [0.5, 0.6) is 5.75 Å². The van der Waals surface area contributed by atoms with Crippen molar-refractivity contribution in [2.45, 2.75) is 6.61 Å². The van der Waals surface area contributed by atoms with E-state index in [4.69, 9.17) is 27.9 Å². The summed E-state index contributed by atoms with van der Waals surface area (Å²) in [5, 5.41) is 12.7. The second-order valence-corrected chi connectivity index (χ2v) is 8.31. The van der Waals surface area contributed by atoms with Crippen LogP contribution in [0.4, 0.5) is 10.1 Å². The van der Waals surface area contributed by atoms with Gasteiger partial charge >= 0.3 is 0 Å². The second-order valence-electron chi connectivity index (χ2n) is 6.33. The molecule has 0 saturated carbocycles. The molecule has 3 aromatic rings. The number of nitrogens with one attached hydrogen (secondary N) is 1. The van der Waals surface area contributed by atoms with Gasteiger partial charge in [0, 0.05) is 0 Å². The summed E-state index contributed by atoms with van der Waals surface area (Å²) < 4.78 is 20.4. The van der Waals surface area contributed by atoms with Crippen molar-refractivity contribution in [2.75, 3.05) is 5.32 Å². The number of nitrogens with zero attached hydrogens (tertiary/aromatic N) is 1. The van der Waals surface area contributed by atoms with Crippen molar-refractivity contribution >= 4 is 63.5 Å². The molecule has 0 unspecified atom stereocenters. The number of anilines is 1. The van der Waals surface area contributed by atoms with Gasteiger partial charge in [0.15, 0.2) is 0 Å². The highest BCUT2D eigenvalue weighted by Crippen LogP contribution is 2.26. The maximum absolute atomic E-state index is 13.7. The molecule has 1 amide bonds. The third kappa shape index (κ3) is 6.20. The van der Waals surface area contributed by atoms with Gasteiger partial charge in [0.2, 0.25) is 0 Å². The van der Waals surface area contributed by atoms with Crippen LogP contribution >= 0.6 is 45.8 Å². The largest absolute Gasteiger partial charge is 0.488 e. The van der Waals surface area contributed by atoms with E-state index in [0.717, 1.165) is 9.13 Å². The zero-order valence-electron chi connectivity index (χ0n) is 15.8. The van der Waals surface area contributed by atoms with Crippen LogP contribution in [-0.4, -0.2) is 5.91 Å². The maximum Gasteiger partial charge on any atom is 0.266 e. The molecule has 0 heterocycles. The molecule has 0 atom stereocenters. The van der Waals surface area contributed by atoms with Crippen molar-refractivity contribution in [3.8, 4) is 11.8 Å². The lowest BCUT2D eigenvalue weighted by atomic mass is 10.1. The zero-order chi connectivity index (χ0) is 22.4. The number of para-hydroxylation sites is 1. The predicted molar refractivity (Wildman–Crippen MR) is 129 cm³/mol. The fourth-order valence-corrected chi connectivity index (χ4v) is 3.60. The highest BCUT2D eigenvalue weighted by molar-refractivity contribution is 14.1. The molecule has 3 aromatic carbocycles. The van der Waals surface area contributed by atoms with E-state index < -0.39 is 11.7 Å². The first-order chi connectivity index (χ1) is 14.9. The summed E-state index contributed by atoms with van der Waals surface area (Å²) in [6.07, 6.45) is 1.43. The average molecular weight is 567 g/mol. The van der Waals surface area contributed by atoms with E-state index in [1.807, 2.05) is 12.1 Å². The molecule has 8 heteroatoms. The van der Waals surface area contributed by atoms with Crippen molar-refractivity contribution < 1.29 is 13.9 Å². The van der Waals surface area contributed by atoms with Gasteiger partial charge in [0.25, 0.3) is 5.91 Å². The highest BCUT2D eigenvalue weighted by Gasteiger charge is 2.12. The number of carbonyl (C=O) groups is 1. The van der Waals surface area contributed by atoms with Crippen LogP contribution in [0.15, 0.2) is 66.2 Å². The van der Waals surface area contributed by atoms with E-state index in [1.165, 1.54) is 24.3 Å². The van der Waals surface area contributed by atoms with Crippen molar-refractivity contribution in [2.24, 2.45) is 0 Å². The molecule has 0 aliphatic heterocycles. The van der Waals surface area contributed by atoms with E-state index in [0.29, 0.717) is 28.0 Å². The number of hydrogen-bond acceptors (Lipinski definition) is 3. The fraction of sp³-hybridized carbons (Fsp3) is 0.0435. The van der Waals surface area contributed by atoms with E-state index in [2.05, 4.69) is 27.9 Å². The van der Waals surface area contributed by atoms with Crippen LogP contribution < -0.4 is 10.1 Å². The first-order valence-electron chi connectivity index (χ1n) is 8.91. The van der Waals surface area contributed by atoms with Crippen LogP contribution in [0.25, 0.3) is 6.08 Å². The van der Waals surface area contributed by atoms with Crippen LogP contribution in [0.1, 0.15) is 11.1 Å². The summed E-state index contributed by atoms with van der Waals surface area (Å²) >= 11 is 14.0. The zero-order valence-corrected chi connectivity index (χ0v) is 19.5. The third-order valence-electron chi connectivity index (χ3n) is 4.13. The molecule has 156 valence electrons. The minimum absolute atomic E-state index is 0.00859. The van der Waals surface area contributed by atoms with Crippen LogP contribution in [0.2, 0.25) is 10.0 Å². The standard InChI is InChI=1S/C23H14Cl2FIN2O2/c24-17-7-5-15(10-18(17)25)13-31-22-8-6-14(11-20(22)27)9-16(12-28)23(30)29-21-4-2-1-3-19(21)26/h1-11H,13H2,(H,29,30)/b16-9-. The van der Waals surface area contributed by atoms with Crippen molar-refractivity contribution in [3.05, 3.63) is 96.8 Å². The van der Waals surface area contributed by atoms with Gasteiger partial charge in [-0.1, -0.05) is 47.5 Å². The Kier molecular flexibility index (Phi) is 7.91. The van der Waals surface area contributed by atoms with Gasteiger partial charge < -0.3 is 10.1 Å². The van der Waals surface area contributed by atoms with Gasteiger partial charge in [-0.25, -0.2) is 4.39 Å². The molecule has 0 aliphatic carbocycles. The Hall–Kier alpha value is -2.60. The molecule has 0 radical (unpaired) electrons. The lowest BCUT2D eigenvalue weighted by Crippen LogP contribution is -2.14. The fourth-order valence-electron chi connectivity index (χ4n) is 2.58. The molecule has 4 nitrogen and oxygen atoms in total. The summed E-state index contributed by atoms with van der Waals surface area (Å²) in [5.41, 5.74) is 1.36. The number of hydrogen-bond donors (Lipinski definition) is 1. The van der Waals surface area contributed by atoms with E-state index in [-0.39, 0.29) is 11.3 Å². The molecular weight excluding hydrogens is 553 g/mol. The number of amides is 1. The van der Waals surface area contributed by atoms with Crippen LogP contribution in [0.3, 0.4) is 0 Å². The Bertz CT molecular complexity index is 1210. The Morgan fingerprint density at radius 2 is 1.90 bits per heavy atom. The SMILES string of the molecule is N#C/C(=C/c1ccc(OCc2ccc(Cl)c(Cl)c2)c(I)c1)C(=O)Nc1ccccc1F. The van der Waals surface area contributed by atoms with Crippen molar-refractivity contribution in [1.29, 1.82) is 5.26 Å². The normalized spacial score (nSPS) is 11.0. The molecule has 0 fully saturated rings. The minimum atomic E-state index is -0.692. The van der Waals surface area contributed by atoms with Crippen LogP contribution in [0, 0.1) is 20.7 Å². The molecule has 0 aromatic heterocycles. The van der Waals surface area contributed by atoms with Gasteiger partial charge in [0.05, 0.1) is 19.3 Å². The highest BCUT2D eigenvalue weighted by atomic mass is 127. The maximum atomic E-state index is 13.7. The molecule has 0 bridgehead atoms. The monoisotopic (exact) mass is 566 g/mol. The number of carbonyl (C=O) groups excluding carboxylic acids is 1. The third-order valence-corrected chi connectivity index (χ3v) is 5.71. The van der Waals surface area contributed by atoms with E-state index >= 15 is 0 Å². The summed E-state index contributed by atoms with van der Waals surface area (Å²) in [6.45, 7) is 0.302. The van der Waals surface area contributed by atoms with Crippen molar-refractivity contribution in [1.82, 2.24) is 0 Å². The molecule has 1 N–H and O–H groups in total. The number of benzene rings is 3. The van der Waals surface area contributed by atoms with Gasteiger partial charge in [0.1, 0.15) is 29.8 Å². The Labute approximate surface area is 202 Å². The number of nitriles is 1. The van der Waals surface area contributed by atoms with Gasteiger partial charge in [-0.3, -0.25) is 4.79 Å². The predicted octanol–water partition coefficient (Wildman–Crippen LogP) is 6.86. The Morgan fingerprint density at radius 1 is 1.13 bits per heavy atom. The Morgan fingerprint density at radius 3 is 2.58 bits per heavy atom. The molecule has 3 rings (SSSR count). The lowest BCUT2D eigenvalue weighted by Gasteiger charge is -2.10. The first kappa shape index (κ1) is 23.1. The van der Waals surface area contributed by atoms with Gasteiger partial charge in [-0.05, 0) is 76.2 Å². The minimum Gasteiger partial charge on any atom is -0.488 e. The van der Waals surface area contributed by atoms with Crippen molar-refractivity contribution in [3.63, 3.8) is 0 Å². The molecule has 0 saturated heterocycles. The van der Waals surface area contributed by atoms with Gasteiger partial charge in [-0.2, -0.15) is 5.26 Å². The molecule has 0 spiro atoms. The number of ether oxygens (including phenoxy) is 1. The topological polar surface area (TPSA) is 62.1 Å². The summed E-state index contributed by atoms with van der Waals surface area (Å²) in [5.74, 6) is -0.633. The lowest BCUT2D eigenvalue weighted by molar-refractivity contribution is -0.112. The van der Waals surface area contributed by atoms with Gasteiger partial charge in [-0.15, -0.1) is 0 Å². The average Bonchev–Trinajstić information content (AvgIpc) is 2.75. The number of halogens is 4.